The molecule has 4 rings (SSSR count). The number of hydrogen-bond donors (Lipinski definition) is 1. The van der Waals surface area contributed by atoms with Crippen LogP contribution in [0.15, 0.2) is 24.3 Å². The Balaban J connectivity index is 1.57. The molecule has 0 aromatic heterocycles. The quantitative estimate of drug-likeness (QED) is 0.424. The summed E-state index contributed by atoms with van der Waals surface area (Å²) in [6.45, 7) is 26.2. The Morgan fingerprint density at radius 3 is 2.12 bits per heavy atom. The van der Waals surface area contributed by atoms with Crippen molar-refractivity contribution >= 4 is 0 Å². The second-order valence-corrected chi connectivity index (χ2v) is 14.2. The molecule has 1 N–H and O–H groups in total. The molecule has 1 heteroatoms. The lowest BCUT2D eigenvalue weighted by Gasteiger charge is -2.69. The molecule has 0 spiro atoms. The van der Waals surface area contributed by atoms with Gasteiger partial charge < -0.3 is 5.11 Å². The molecule has 0 aromatic carbocycles. The molecule has 182 valence electrons. The minimum absolute atomic E-state index is 0.0530. The van der Waals surface area contributed by atoms with Gasteiger partial charge in [0.05, 0.1) is 6.10 Å². The van der Waals surface area contributed by atoms with Crippen molar-refractivity contribution in [2.75, 3.05) is 0 Å². The lowest BCUT2D eigenvalue weighted by molar-refractivity contribution is -0.220. The van der Waals surface area contributed by atoms with Crippen molar-refractivity contribution in [3.05, 3.63) is 24.3 Å². The fourth-order valence-electron chi connectivity index (χ4n) is 10.0. The monoisotopic (exact) mass is 440 g/mol. The fourth-order valence-corrected chi connectivity index (χ4v) is 10.0. The molecule has 4 fully saturated rings. The Morgan fingerprint density at radius 1 is 0.812 bits per heavy atom. The van der Waals surface area contributed by atoms with Crippen molar-refractivity contribution in [1.82, 2.24) is 0 Å². The highest BCUT2D eigenvalue weighted by atomic mass is 16.3. The van der Waals surface area contributed by atoms with Gasteiger partial charge in [-0.25, -0.2) is 0 Å². The molecule has 32 heavy (non-hydrogen) atoms. The summed E-state index contributed by atoms with van der Waals surface area (Å²) < 4.78 is 0. The first-order valence-electron chi connectivity index (χ1n) is 13.8. The van der Waals surface area contributed by atoms with Crippen molar-refractivity contribution in [1.29, 1.82) is 0 Å². The molecular weight excluding hydrogens is 388 g/mol. The number of rotatable bonds is 5. The van der Waals surface area contributed by atoms with E-state index in [1.54, 1.807) is 0 Å². The van der Waals surface area contributed by atoms with Crippen molar-refractivity contribution in [2.45, 2.75) is 119 Å². The highest BCUT2D eigenvalue weighted by Gasteiger charge is 2.68. The predicted molar refractivity (Wildman–Crippen MR) is 137 cm³/mol. The fraction of sp³-hybridized carbons (Fsp3) is 0.871. The standard InChI is InChI=1S/C31H52O/c1-20(2)21(3)10-11-22(4)23-14-18-30(8)24(23)12-13-26-29(7)17-16-27(32)28(5,6)25(29)15-19-31(26,30)9/h20,23-27,32H,3-4,10-19H2,1-2,5-9H3/t23-,24-,25+,26-,27+,29+,30-,31-/m1/s1. The largest absolute Gasteiger partial charge is 0.393 e. The lowest BCUT2D eigenvalue weighted by atomic mass is 9.35. The van der Waals surface area contributed by atoms with Crippen LogP contribution in [0.25, 0.3) is 0 Å². The molecule has 0 radical (unpaired) electrons. The van der Waals surface area contributed by atoms with Crippen LogP contribution < -0.4 is 0 Å². The predicted octanol–water partition coefficient (Wildman–Crippen LogP) is 8.58. The summed E-state index contributed by atoms with van der Waals surface area (Å²) >= 11 is 0. The van der Waals surface area contributed by atoms with Crippen LogP contribution in [-0.4, -0.2) is 11.2 Å². The van der Waals surface area contributed by atoms with Crippen molar-refractivity contribution in [2.24, 2.45) is 51.2 Å². The van der Waals surface area contributed by atoms with Gasteiger partial charge in [-0.15, -0.1) is 0 Å². The second kappa shape index (κ2) is 8.00. The number of allylic oxidation sites excluding steroid dienone is 2. The molecule has 4 saturated carbocycles. The van der Waals surface area contributed by atoms with Crippen LogP contribution in [0.3, 0.4) is 0 Å². The summed E-state index contributed by atoms with van der Waals surface area (Å²) in [5.41, 5.74) is 4.20. The molecule has 0 unspecified atom stereocenters. The Bertz CT molecular complexity index is 760. The van der Waals surface area contributed by atoms with Gasteiger partial charge in [-0.2, -0.15) is 0 Å². The molecule has 0 heterocycles. The second-order valence-electron chi connectivity index (χ2n) is 14.2. The Hall–Kier alpha value is -0.560. The number of aliphatic hydroxyl groups excluding tert-OH is 1. The van der Waals surface area contributed by atoms with E-state index in [1.165, 1.54) is 56.1 Å². The van der Waals surface area contributed by atoms with E-state index in [-0.39, 0.29) is 11.5 Å². The third-order valence-corrected chi connectivity index (χ3v) is 12.5. The van der Waals surface area contributed by atoms with Crippen LogP contribution in [-0.2, 0) is 0 Å². The average molecular weight is 441 g/mol. The van der Waals surface area contributed by atoms with E-state index in [1.807, 2.05) is 0 Å². The minimum atomic E-state index is -0.128. The smallest absolute Gasteiger partial charge is 0.0594 e. The maximum Gasteiger partial charge on any atom is 0.0594 e. The number of aliphatic hydroxyl groups is 1. The zero-order valence-corrected chi connectivity index (χ0v) is 22.4. The van der Waals surface area contributed by atoms with Gasteiger partial charge in [0.1, 0.15) is 0 Å². The summed E-state index contributed by atoms with van der Waals surface area (Å²) in [5, 5.41) is 10.9. The highest BCUT2D eigenvalue weighted by molar-refractivity contribution is 5.21. The van der Waals surface area contributed by atoms with E-state index in [9.17, 15) is 5.11 Å². The van der Waals surface area contributed by atoms with Crippen LogP contribution in [0.4, 0.5) is 0 Å². The molecule has 0 amide bonds. The van der Waals surface area contributed by atoms with Gasteiger partial charge in [-0.05, 0) is 115 Å². The normalized spacial score (nSPS) is 47.5. The summed E-state index contributed by atoms with van der Waals surface area (Å²) in [7, 11) is 0. The van der Waals surface area contributed by atoms with Crippen LogP contribution >= 0.6 is 0 Å². The van der Waals surface area contributed by atoms with Gasteiger partial charge in [-0.3, -0.25) is 0 Å². The van der Waals surface area contributed by atoms with Gasteiger partial charge in [0.2, 0.25) is 0 Å². The zero-order valence-electron chi connectivity index (χ0n) is 22.4. The van der Waals surface area contributed by atoms with E-state index >= 15 is 0 Å². The number of hydrogen-bond acceptors (Lipinski definition) is 1. The molecule has 0 aliphatic heterocycles. The first kappa shape index (κ1) is 24.6. The summed E-state index contributed by atoms with van der Waals surface area (Å²) in [5.74, 6) is 3.57. The molecule has 0 bridgehead atoms. The first-order chi connectivity index (χ1) is 14.8. The van der Waals surface area contributed by atoms with Gasteiger partial charge in [0.15, 0.2) is 0 Å². The summed E-state index contributed by atoms with van der Waals surface area (Å²) in [6.07, 6.45) is 12.5. The van der Waals surface area contributed by atoms with Gasteiger partial charge in [0, 0.05) is 0 Å². The first-order valence-corrected chi connectivity index (χ1v) is 13.8. The minimum Gasteiger partial charge on any atom is -0.393 e. The van der Waals surface area contributed by atoms with E-state index in [0.717, 1.165) is 31.1 Å². The van der Waals surface area contributed by atoms with E-state index in [0.29, 0.717) is 34.0 Å². The highest BCUT2D eigenvalue weighted by Crippen LogP contribution is 2.75. The summed E-state index contributed by atoms with van der Waals surface area (Å²) in [6, 6.07) is 0. The topological polar surface area (TPSA) is 20.2 Å². The number of fused-ring (bicyclic) bond motifs is 5. The maximum absolute atomic E-state index is 10.9. The van der Waals surface area contributed by atoms with E-state index < -0.39 is 0 Å². The van der Waals surface area contributed by atoms with Gasteiger partial charge >= 0.3 is 0 Å². The molecule has 8 atom stereocenters. The molecule has 4 aliphatic rings. The SMILES string of the molecule is C=C(CCC(=C)[C@H]1CC[C@]2(C)[C@@H]1CC[C@@H]1[C@@]3(C)CC[C@H](O)C(C)(C)[C@@H]3CC[C@]12C)C(C)C. The molecule has 1 nitrogen and oxygen atoms in total. The van der Waals surface area contributed by atoms with E-state index in [2.05, 4.69) is 61.6 Å². The van der Waals surface area contributed by atoms with E-state index in [4.69, 9.17) is 0 Å². The van der Waals surface area contributed by atoms with Crippen LogP contribution in [0, 0.1) is 51.2 Å². The Kier molecular flexibility index (Phi) is 6.14. The van der Waals surface area contributed by atoms with Crippen molar-refractivity contribution < 1.29 is 5.11 Å². The molecular formula is C31H52O. The molecule has 0 aromatic rings. The Morgan fingerprint density at radius 2 is 1.47 bits per heavy atom. The maximum atomic E-state index is 10.9. The van der Waals surface area contributed by atoms with Crippen LogP contribution in [0.2, 0.25) is 0 Å². The van der Waals surface area contributed by atoms with Crippen molar-refractivity contribution in [3.8, 4) is 0 Å². The Labute approximate surface area is 199 Å². The summed E-state index contributed by atoms with van der Waals surface area (Å²) in [4.78, 5) is 0. The van der Waals surface area contributed by atoms with Crippen LogP contribution in [0.5, 0.6) is 0 Å². The molecule has 4 aliphatic carbocycles. The lowest BCUT2D eigenvalue weighted by Crippen LogP contribution is -2.63. The van der Waals surface area contributed by atoms with Gasteiger partial charge in [-0.1, -0.05) is 72.8 Å². The van der Waals surface area contributed by atoms with Crippen molar-refractivity contribution in [3.63, 3.8) is 0 Å². The third kappa shape index (κ3) is 3.34. The van der Waals surface area contributed by atoms with Gasteiger partial charge in [0.25, 0.3) is 0 Å². The zero-order chi connectivity index (χ0) is 23.7. The van der Waals surface area contributed by atoms with Crippen LogP contribution in [0.1, 0.15) is 113 Å². The average Bonchev–Trinajstić information content (AvgIpc) is 3.07. The third-order valence-electron chi connectivity index (χ3n) is 12.5. The molecule has 0 saturated heterocycles.